The first kappa shape index (κ1) is 25.7. The third-order valence-corrected chi connectivity index (χ3v) is 9.45. The molecule has 0 bridgehead atoms. The number of anilines is 1. The molecule has 9 rings (SSSR count). The van der Waals surface area contributed by atoms with Crippen LogP contribution in [0.4, 0.5) is 5.69 Å². The molecule has 3 heteroatoms. The standard InChI is InChI=1S/C42H27NO2/c1-24-14-18-27(19-15-24)37-32-22-34-35(42(45)43(41(34)44)29-10-4-3-5-11-29)23-33(32)38(28-20-16-25(2)17-21-28)40-31-13-7-9-26-8-6-12-30(36(26)31)39(37)40/h3-23H,1-2H3. The van der Waals surface area contributed by atoms with E-state index < -0.39 is 0 Å². The lowest BCUT2D eigenvalue weighted by molar-refractivity contribution is 0.0926. The Kier molecular flexibility index (Phi) is 5.33. The van der Waals surface area contributed by atoms with Crippen molar-refractivity contribution < 1.29 is 9.59 Å². The maximum atomic E-state index is 14.0. The Hall–Kier alpha value is -5.80. The molecule has 1 aliphatic heterocycles. The number of hydrogen-bond acceptors (Lipinski definition) is 2. The van der Waals surface area contributed by atoms with Gasteiger partial charge >= 0.3 is 0 Å². The molecule has 0 spiro atoms. The Morgan fingerprint density at radius 3 is 1.38 bits per heavy atom. The number of aryl methyl sites for hydroxylation is 2. The van der Waals surface area contributed by atoms with Crippen molar-refractivity contribution >= 4 is 39.0 Å². The molecule has 0 atom stereocenters. The number of nitrogens with zero attached hydrogens (tertiary/aromatic N) is 1. The fraction of sp³-hybridized carbons (Fsp3) is 0.0476. The normalized spacial score (nSPS) is 13.2. The largest absolute Gasteiger partial charge is 0.268 e. The second-order valence-electron chi connectivity index (χ2n) is 12.2. The maximum absolute atomic E-state index is 14.0. The van der Waals surface area contributed by atoms with Gasteiger partial charge in [-0.3, -0.25) is 9.59 Å². The highest BCUT2D eigenvalue weighted by atomic mass is 16.2. The molecule has 7 aromatic carbocycles. The van der Waals surface area contributed by atoms with Crippen molar-refractivity contribution in [2.24, 2.45) is 0 Å². The molecule has 0 fully saturated rings. The molecule has 1 aliphatic carbocycles. The molecule has 0 N–H and O–H groups in total. The van der Waals surface area contributed by atoms with Gasteiger partial charge in [0.05, 0.1) is 16.8 Å². The summed E-state index contributed by atoms with van der Waals surface area (Å²) in [5.41, 5.74) is 12.9. The molecule has 2 amide bonds. The molecule has 0 radical (unpaired) electrons. The van der Waals surface area contributed by atoms with E-state index in [4.69, 9.17) is 0 Å². The fourth-order valence-electron chi connectivity index (χ4n) is 7.37. The summed E-state index contributed by atoms with van der Waals surface area (Å²) in [5, 5.41) is 4.36. The van der Waals surface area contributed by atoms with E-state index in [0.717, 1.165) is 33.0 Å². The monoisotopic (exact) mass is 577 g/mol. The Balaban J connectivity index is 1.47. The second-order valence-corrected chi connectivity index (χ2v) is 12.2. The predicted octanol–water partition coefficient (Wildman–Crippen LogP) is 10.4. The van der Waals surface area contributed by atoms with E-state index in [1.165, 1.54) is 49.1 Å². The van der Waals surface area contributed by atoms with Crippen LogP contribution in [-0.4, -0.2) is 11.8 Å². The van der Waals surface area contributed by atoms with Crippen molar-refractivity contribution in [2.45, 2.75) is 13.8 Å². The van der Waals surface area contributed by atoms with Crippen LogP contribution in [0.3, 0.4) is 0 Å². The number of para-hydroxylation sites is 1. The van der Waals surface area contributed by atoms with Gasteiger partial charge < -0.3 is 0 Å². The first-order valence-electron chi connectivity index (χ1n) is 15.3. The van der Waals surface area contributed by atoms with Crippen LogP contribution in [0, 0.1) is 13.8 Å². The van der Waals surface area contributed by atoms with Crippen molar-refractivity contribution in [1.29, 1.82) is 0 Å². The van der Waals surface area contributed by atoms with Crippen LogP contribution >= 0.6 is 0 Å². The molecule has 7 aromatic rings. The van der Waals surface area contributed by atoms with Gasteiger partial charge in [0.1, 0.15) is 0 Å². The molecule has 2 aliphatic rings. The van der Waals surface area contributed by atoms with Crippen LogP contribution in [0.15, 0.2) is 127 Å². The van der Waals surface area contributed by atoms with E-state index in [9.17, 15) is 9.59 Å². The maximum Gasteiger partial charge on any atom is 0.266 e. The number of imide groups is 1. The van der Waals surface area contributed by atoms with Crippen LogP contribution in [0.1, 0.15) is 31.8 Å². The molecule has 1 heterocycles. The highest BCUT2D eigenvalue weighted by Gasteiger charge is 2.39. The molecule has 0 aromatic heterocycles. The first-order valence-corrected chi connectivity index (χ1v) is 15.3. The average molecular weight is 578 g/mol. The SMILES string of the molecule is Cc1ccc(-c2c3c(c(-c4ccc(C)cc4)c4cc5c(cc24)C(=O)N(c2ccccc2)C5=O)-c2cccc4cccc-3c24)cc1. The zero-order valence-corrected chi connectivity index (χ0v) is 24.9. The van der Waals surface area contributed by atoms with Crippen LogP contribution in [-0.2, 0) is 0 Å². The minimum atomic E-state index is -0.291. The van der Waals surface area contributed by atoms with Gasteiger partial charge in [-0.1, -0.05) is 114 Å². The third kappa shape index (κ3) is 3.58. The third-order valence-electron chi connectivity index (χ3n) is 9.45. The van der Waals surface area contributed by atoms with Gasteiger partial charge in [0.25, 0.3) is 11.8 Å². The predicted molar refractivity (Wildman–Crippen MR) is 184 cm³/mol. The van der Waals surface area contributed by atoms with Crippen LogP contribution < -0.4 is 4.90 Å². The van der Waals surface area contributed by atoms with Crippen molar-refractivity contribution in [1.82, 2.24) is 0 Å². The van der Waals surface area contributed by atoms with Gasteiger partial charge in [0.15, 0.2) is 0 Å². The zero-order valence-electron chi connectivity index (χ0n) is 24.9. The quantitative estimate of drug-likeness (QED) is 0.196. The van der Waals surface area contributed by atoms with Gasteiger partial charge in [-0.25, -0.2) is 4.90 Å². The van der Waals surface area contributed by atoms with E-state index in [1.807, 2.05) is 42.5 Å². The lowest BCUT2D eigenvalue weighted by atomic mass is 9.81. The lowest BCUT2D eigenvalue weighted by Crippen LogP contribution is -2.29. The Morgan fingerprint density at radius 1 is 0.444 bits per heavy atom. The summed E-state index contributed by atoms with van der Waals surface area (Å²) in [5.74, 6) is -0.582. The van der Waals surface area contributed by atoms with Crippen molar-refractivity contribution in [2.75, 3.05) is 4.90 Å². The summed E-state index contributed by atoms with van der Waals surface area (Å²) in [6.07, 6.45) is 0. The number of fused-ring (bicyclic) bond motifs is 5. The number of benzene rings is 7. The molecule has 45 heavy (non-hydrogen) atoms. The highest BCUT2D eigenvalue weighted by Crippen LogP contribution is 2.58. The van der Waals surface area contributed by atoms with E-state index in [0.29, 0.717) is 16.8 Å². The number of carbonyl (C=O) groups excluding carboxylic acids is 2. The Labute approximate surface area is 261 Å². The summed E-state index contributed by atoms with van der Waals surface area (Å²) < 4.78 is 0. The van der Waals surface area contributed by atoms with E-state index >= 15 is 0 Å². The lowest BCUT2D eigenvalue weighted by Gasteiger charge is -2.21. The Bertz CT molecular complexity index is 2260. The zero-order chi connectivity index (χ0) is 30.4. The topological polar surface area (TPSA) is 37.4 Å². The number of rotatable bonds is 3. The Morgan fingerprint density at radius 2 is 0.911 bits per heavy atom. The van der Waals surface area contributed by atoms with Gasteiger partial charge in [-0.05, 0) is 104 Å². The molecule has 212 valence electrons. The number of amides is 2. The summed E-state index contributed by atoms with van der Waals surface area (Å²) in [6, 6.07) is 43.5. The minimum absolute atomic E-state index is 0.291. The van der Waals surface area contributed by atoms with Crippen LogP contribution in [0.5, 0.6) is 0 Å². The first-order chi connectivity index (χ1) is 22.0. The molecule has 0 saturated heterocycles. The summed E-state index contributed by atoms with van der Waals surface area (Å²) in [4.78, 5) is 29.3. The minimum Gasteiger partial charge on any atom is -0.268 e. The molecular weight excluding hydrogens is 550 g/mol. The van der Waals surface area contributed by atoms with Gasteiger partial charge in [0.2, 0.25) is 0 Å². The molecule has 3 nitrogen and oxygen atoms in total. The van der Waals surface area contributed by atoms with Gasteiger partial charge in [-0.2, -0.15) is 0 Å². The number of hydrogen-bond donors (Lipinski definition) is 0. The summed E-state index contributed by atoms with van der Waals surface area (Å²) in [7, 11) is 0. The van der Waals surface area contributed by atoms with Crippen LogP contribution in [0.25, 0.3) is 66.1 Å². The summed E-state index contributed by atoms with van der Waals surface area (Å²) in [6.45, 7) is 4.19. The van der Waals surface area contributed by atoms with Gasteiger partial charge in [0, 0.05) is 0 Å². The van der Waals surface area contributed by atoms with E-state index in [1.54, 1.807) is 0 Å². The van der Waals surface area contributed by atoms with Crippen LogP contribution in [0.2, 0.25) is 0 Å². The molecular formula is C42H27NO2. The van der Waals surface area contributed by atoms with E-state index in [2.05, 4.69) is 98.8 Å². The fourth-order valence-corrected chi connectivity index (χ4v) is 7.37. The smallest absolute Gasteiger partial charge is 0.266 e. The van der Waals surface area contributed by atoms with Crippen molar-refractivity contribution in [3.63, 3.8) is 0 Å². The van der Waals surface area contributed by atoms with Gasteiger partial charge in [-0.15, -0.1) is 0 Å². The highest BCUT2D eigenvalue weighted by molar-refractivity contribution is 6.37. The number of carbonyl (C=O) groups is 2. The second kappa shape index (κ2) is 9.35. The average Bonchev–Trinajstić information content (AvgIpc) is 3.52. The van der Waals surface area contributed by atoms with Crippen molar-refractivity contribution in [3.8, 4) is 44.5 Å². The van der Waals surface area contributed by atoms with Crippen molar-refractivity contribution in [3.05, 3.63) is 150 Å². The molecule has 0 saturated carbocycles. The summed E-state index contributed by atoms with van der Waals surface area (Å²) >= 11 is 0. The molecule has 0 unspecified atom stereocenters. The van der Waals surface area contributed by atoms with E-state index in [-0.39, 0.29) is 11.8 Å².